The third-order valence-electron chi connectivity index (χ3n) is 2.75. The van der Waals surface area contributed by atoms with Gasteiger partial charge in [0.2, 0.25) is 10.0 Å². The SMILES string of the molecule is CNCc1cccc(S(=O)(=O)NCCc2cscn2)c1. The first-order valence-electron chi connectivity index (χ1n) is 6.22. The number of sulfonamides is 1. The number of nitrogens with one attached hydrogen (secondary N) is 2. The molecular weight excluding hydrogens is 294 g/mol. The molecule has 20 heavy (non-hydrogen) atoms. The maximum absolute atomic E-state index is 12.2. The third-order valence-corrected chi connectivity index (χ3v) is 4.84. The lowest BCUT2D eigenvalue weighted by molar-refractivity contribution is 0.581. The largest absolute Gasteiger partial charge is 0.316 e. The van der Waals surface area contributed by atoms with Gasteiger partial charge in [-0.25, -0.2) is 18.1 Å². The molecule has 0 amide bonds. The molecule has 5 nitrogen and oxygen atoms in total. The molecule has 0 aliphatic rings. The standard InChI is InChI=1S/C13H17N3O2S2/c1-14-8-11-3-2-4-13(7-11)20(17,18)16-6-5-12-9-19-10-15-12/h2-4,7,9-10,14,16H,5-6,8H2,1H3. The van der Waals surface area contributed by atoms with Gasteiger partial charge in [-0.1, -0.05) is 12.1 Å². The Morgan fingerprint density at radius 3 is 2.90 bits per heavy atom. The minimum atomic E-state index is -3.46. The highest BCUT2D eigenvalue weighted by Gasteiger charge is 2.13. The quantitative estimate of drug-likeness (QED) is 0.810. The van der Waals surface area contributed by atoms with Gasteiger partial charge in [0.15, 0.2) is 0 Å². The van der Waals surface area contributed by atoms with Gasteiger partial charge in [-0.3, -0.25) is 0 Å². The number of aromatic nitrogens is 1. The Hall–Kier alpha value is -1.28. The van der Waals surface area contributed by atoms with Gasteiger partial charge >= 0.3 is 0 Å². The zero-order valence-electron chi connectivity index (χ0n) is 11.2. The third kappa shape index (κ3) is 4.11. The normalized spacial score (nSPS) is 11.7. The summed E-state index contributed by atoms with van der Waals surface area (Å²) in [7, 11) is -1.63. The predicted molar refractivity (Wildman–Crippen MR) is 80.2 cm³/mol. The van der Waals surface area contributed by atoms with Crippen molar-refractivity contribution < 1.29 is 8.42 Å². The van der Waals surface area contributed by atoms with Crippen molar-refractivity contribution in [3.63, 3.8) is 0 Å². The maximum atomic E-state index is 12.2. The molecule has 0 unspecified atom stereocenters. The number of benzene rings is 1. The molecule has 1 heterocycles. The molecule has 0 radical (unpaired) electrons. The minimum Gasteiger partial charge on any atom is -0.316 e. The van der Waals surface area contributed by atoms with Crippen molar-refractivity contribution in [3.8, 4) is 0 Å². The molecule has 7 heteroatoms. The Labute approximate surface area is 123 Å². The van der Waals surface area contributed by atoms with Crippen LogP contribution in [-0.4, -0.2) is 27.0 Å². The highest BCUT2D eigenvalue weighted by molar-refractivity contribution is 7.89. The summed E-state index contributed by atoms with van der Waals surface area (Å²) in [4.78, 5) is 4.42. The molecule has 2 N–H and O–H groups in total. The molecule has 2 aromatic rings. The Kier molecular flexibility index (Phi) is 5.24. The van der Waals surface area contributed by atoms with E-state index < -0.39 is 10.0 Å². The van der Waals surface area contributed by atoms with Gasteiger partial charge < -0.3 is 5.32 Å². The second kappa shape index (κ2) is 6.94. The molecule has 0 aliphatic carbocycles. The van der Waals surface area contributed by atoms with E-state index in [4.69, 9.17) is 0 Å². The molecule has 108 valence electrons. The fourth-order valence-electron chi connectivity index (χ4n) is 1.78. The van der Waals surface area contributed by atoms with Gasteiger partial charge in [0.1, 0.15) is 0 Å². The summed E-state index contributed by atoms with van der Waals surface area (Å²) in [5.41, 5.74) is 3.59. The molecule has 1 aromatic heterocycles. The van der Waals surface area contributed by atoms with Crippen LogP contribution in [0.25, 0.3) is 0 Å². The smallest absolute Gasteiger partial charge is 0.240 e. The average molecular weight is 311 g/mol. The molecule has 0 saturated carbocycles. The Morgan fingerprint density at radius 1 is 1.35 bits per heavy atom. The topological polar surface area (TPSA) is 71.1 Å². The van der Waals surface area contributed by atoms with E-state index in [9.17, 15) is 8.42 Å². The first-order valence-corrected chi connectivity index (χ1v) is 8.65. The second-order valence-corrected chi connectivity index (χ2v) is 6.79. The van der Waals surface area contributed by atoms with E-state index in [2.05, 4.69) is 15.0 Å². The van der Waals surface area contributed by atoms with Crippen LogP contribution in [0.4, 0.5) is 0 Å². The van der Waals surface area contributed by atoms with Crippen LogP contribution < -0.4 is 10.0 Å². The molecule has 0 spiro atoms. The molecule has 0 saturated heterocycles. The predicted octanol–water partition coefficient (Wildman–Crippen LogP) is 1.38. The number of hydrogen-bond donors (Lipinski definition) is 2. The van der Waals surface area contributed by atoms with Crippen molar-refractivity contribution in [1.29, 1.82) is 0 Å². The highest BCUT2D eigenvalue weighted by Crippen LogP contribution is 2.11. The molecule has 0 fully saturated rings. The lowest BCUT2D eigenvalue weighted by atomic mass is 10.2. The van der Waals surface area contributed by atoms with Crippen LogP contribution in [0.2, 0.25) is 0 Å². The molecule has 0 bridgehead atoms. The van der Waals surface area contributed by atoms with Crippen LogP contribution in [0.5, 0.6) is 0 Å². The summed E-state index contributed by atoms with van der Waals surface area (Å²) >= 11 is 1.51. The maximum Gasteiger partial charge on any atom is 0.240 e. The zero-order chi connectivity index (χ0) is 14.4. The van der Waals surface area contributed by atoms with Gasteiger partial charge in [0.05, 0.1) is 16.1 Å². The van der Waals surface area contributed by atoms with Crippen LogP contribution >= 0.6 is 11.3 Å². The number of thiazole rings is 1. The van der Waals surface area contributed by atoms with Gasteiger partial charge in [-0.05, 0) is 24.7 Å². The number of nitrogens with zero attached hydrogens (tertiary/aromatic N) is 1. The van der Waals surface area contributed by atoms with Crippen molar-refractivity contribution in [3.05, 3.63) is 46.4 Å². The summed E-state index contributed by atoms with van der Waals surface area (Å²) in [5, 5.41) is 4.92. The zero-order valence-corrected chi connectivity index (χ0v) is 12.8. The van der Waals surface area contributed by atoms with Crippen molar-refractivity contribution >= 4 is 21.4 Å². The average Bonchev–Trinajstić information content (AvgIpc) is 2.92. The van der Waals surface area contributed by atoms with Crippen LogP contribution in [0.15, 0.2) is 40.1 Å². The number of hydrogen-bond acceptors (Lipinski definition) is 5. The van der Waals surface area contributed by atoms with E-state index in [0.29, 0.717) is 24.4 Å². The molecule has 2 rings (SSSR count). The van der Waals surface area contributed by atoms with E-state index in [1.54, 1.807) is 23.7 Å². The van der Waals surface area contributed by atoms with Crippen molar-refractivity contribution in [1.82, 2.24) is 15.0 Å². The Morgan fingerprint density at radius 2 is 2.20 bits per heavy atom. The van der Waals surface area contributed by atoms with Crippen LogP contribution in [0.3, 0.4) is 0 Å². The number of rotatable bonds is 7. The molecular formula is C13H17N3O2S2. The van der Waals surface area contributed by atoms with Crippen molar-refractivity contribution in [2.24, 2.45) is 0 Å². The van der Waals surface area contributed by atoms with Gasteiger partial charge in [0.25, 0.3) is 0 Å². The summed E-state index contributed by atoms with van der Waals surface area (Å²) in [6.07, 6.45) is 0.596. The van der Waals surface area contributed by atoms with Gasteiger partial charge in [-0.15, -0.1) is 11.3 Å². The lowest BCUT2D eigenvalue weighted by Crippen LogP contribution is -2.26. The van der Waals surface area contributed by atoms with Crippen molar-refractivity contribution in [2.75, 3.05) is 13.6 Å². The van der Waals surface area contributed by atoms with Crippen LogP contribution in [-0.2, 0) is 23.0 Å². The van der Waals surface area contributed by atoms with E-state index in [0.717, 1.165) is 11.3 Å². The Balaban J connectivity index is 2.00. The monoisotopic (exact) mass is 311 g/mol. The van der Waals surface area contributed by atoms with E-state index in [1.165, 1.54) is 11.3 Å². The summed E-state index contributed by atoms with van der Waals surface area (Å²) in [6.45, 7) is 0.991. The van der Waals surface area contributed by atoms with Crippen LogP contribution in [0.1, 0.15) is 11.3 Å². The summed E-state index contributed by atoms with van der Waals surface area (Å²) < 4.78 is 26.9. The molecule has 0 atom stereocenters. The summed E-state index contributed by atoms with van der Waals surface area (Å²) in [6, 6.07) is 6.93. The first kappa shape index (κ1) is 15.1. The van der Waals surface area contributed by atoms with Gasteiger partial charge in [-0.2, -0.15) is 0 Å². The van der Waals surface area contributed by atoms with Crippen LogP contribution in [0, 0.1) is 0 Å². The van der Waals surface area contributed by atoms with Gasteiger partial charge in [0, 0.05) is 24.9 Å². The van der Waals surface area contributed by atoms with E-state index >= 15 is 0 Å². The Bertz CT molecular complexity index is 639. The fraction of sp³-hybridized carbons (Fsp3) is 0.308. The van der Waals surface area contributed by atoms with E-state index in [-0.39, 0.29) is 0 Å². The first-order chi connectivity index (χ1) is 9.62. The molecule has 1 aromatic carbocycles. The summed E-state index contributed by atoms with van der Waals surface area (Å²) in [5.74, 6) is 0. The molecule has 0 aliphatic heterocycles. The van der Waals surface area contributed by atoms with E-state index in [1.807, 2.05) is 18.5 Å². The highest BCUT2D eigenvalue weighted by atomic mass is 32.2. The fourth-order valence-corrected chi connectivity index (χ4v) is 3.48. The van der Waals surface area contributed by atoms with Crippen molar-refractivity contribution in [2.45, 2.75) is 17.9 Å². The second-order valence-electron chi connectivity index (χ2n) is 4.31. The minimum absolute atomic E-state index is 0.295. The lowest BCUT2D eigenvalue weighted by Gasteiger charge is -2.08.